The van der Waals surface area contributed by atoms with Crippen molar-refractivity contribution in [2.75, 3.05) is 14.2 Å². The molecule has 0 fully saturated rings. The summed E-state index contributed by atoms with van der Waals surface area (Å²) in [6.45, 7) is 3.88. The van der Waals surface area contributed by atoms with Gasteiger partial charge in [-0.1, -0.05) is 6.07 Å². The van der Waals surface area contributed by atoms with E-state index >= 15 is 0 Å². The quantitative estimate of drug-likeness (QED) is 0.788. The smallest absolute Gasteiger partial charge is 0.305 e. The molecule has 0 bridgehead atoms. The molecule has 0 aliphatic heterocycles. The summed E-state index contributed by atoms with van der Waals surface area (Å²) in [6, 6.07) is 6.22. The average molecular weight is 363 g/mol. The standard InChI is InChI=1S/C18H21NO5S/c1-10-7-16(25-11(10)2)18(22)19-13(9-17(20)21)12-5-6-14(23-3)15(8-12)24-4/h5-8,13H,9H2,1-4H3,(H,19,22)(H,20,21). The fraction of sp³-hybridized carbons (Fsp3) is 0.333. The van der Waals surface area contributed by atoms with Crippen molar-refractivity contribution in [3.8, 4) is 11.5 Å². The minimum absolute atomic E-state index is 0.232. The molecule has 6 nitrogen and oxygen atoms in total. The second-order valence-corrected chi connectivity index (χ2v) is 6.84. The van der Waals surface area contributed by atoms with Crippen LogP contribution < -0.4 is 14.8 Å². The molecule has 1 aromatic carbocycles. The number of hydrogen-bond acceptors (Lipinski definition) is 5. The summed E-state index contributed by atoms with van der Waals surface area (Å²) in [7, 11) is 3.03. The Hall–Kier alpha value is -2.54. The zero-order valence-corrected chi connectivity index (χ0v) is 15.4. The highest BCUT2D eigenvalue weighted by atomic mass is 32.1. The normalized spacial score (nSPS) is 11.7. The number of methoxy groups -OCH3 is 2. The molecule has 7 heteroatoms. The molecular weight excluding hydrogens is 342 g/mol. The molecule has 1 aromatic heterocycles. The first-order valence-corrected chi connectivity index (χ1v) is 8.49. The molecule has 0 aliphatic rings. The van der Waals surface area contributed by atoms with Crippen LogP contribution in [0.4, 0.5) is 0 Å². The van der Waals surface area contributed by atoms with Crippen molar-refractivity contribution in [2.24, 2.45) is 0 Å². The molecule has 1 heterocycles. The van der Waals surface area contributed by atoms with E-state index < -0.39 is 12.0 Å². The molecule has 134 valence electrons. The van der Waals surface area contributed by atoms with Crippen LogP contribution in [0.5, 0.6) is 11.5 Å². The van der Waals surface area contributed by atoms with Crippen molar-refractivity contribution in [3.63, 3.8) is 0 Å². The Bertz CT molecular complexity index is 764. The molecule has 2 rings (SSSR count). The van der Waals surface area contributed by atoms with Crippen LogP contribution >= 0.6 is 11.3 Å². The zero-order chi connectivity index (χ0) is 18.6. The number of hydrogen-bond donors (Lipinski definition) is 2. The first-order chi connectivity index (χ1) is 11.8. The lowest BCUT2D eigenvalue weighted by atomic mass is 10.0. The number of nitrogens with one attached hydrogen (secondary N) is 1. The molecule has 0 saturated carbocycles. The number of aliphatic carboxylic acids is 1. The molecule has 0 aliphatic carbocycles. The minimum Gasteiger partial charge on any atom is -0.493 e. The van der Waals surface area contributed by atoms with Gasteiger partial charge in [0, 0.05) is 4.88 Å². The van der Waals surface area contributed by atoms with E-state index in [2.05, 4.69) is 5.32 Å². The largest absolute Gasteiger partial charge is 0.493 e. The summed E-state index contributed by atoms with van der Waals surface area (Å²) >= 11 is 1.39. The zero-order valence-electron chi connectivity index (χ0n) is 14.6. The van der Waals surface area contributed by atoms with Gasteiger partial charge in [-0.15, -0.1) is 11.3 Å². The van der Waals surface area contributed by atoms with E-state index in [0.29, 0.717) is 21.9 Å². The predicted molar refractivity (Wildman–Crippen MR) is 95.8 cm³/mol. The van der Waals surface area contributed by atoms with Crippen molar-refractivity contribution >= 4 is 23.2 Å². The van der Waals surface area contributed by atoms with Crippen LogP contribution in [0.25, 0.3) is 0 Å². The molecule has 0 spiro atoms. The number of amides is 1. The highest BCUT2D eigenvalue weighted by Gasteiger charge is 2.21. The van der Waals surface area contributed by atoms with Gasteiger partial charge in [0.15, 0.2) is 11.5 Å². The van der Waals surface area contributed by atoms with Gasteiger partial charge in [0.1, 0.15) is 0 Å². The number of carboxylic acids is 1. The van der Waals surface area contributed by atoms with Gasteiger partial charge in [-0.2, -0.15) is 0 Å². The lowest BCUT2D eigenvalue weighted by Gasteiger charge is -2.18. The summed E-state index contributed by atoms with van der Waals surface area (Å²) in [6.07, 6.45) is -0.232. The van der Waals surface area contributed by atoms with Gasteiger partial charge >= 0.3 is 5.97 Å². The number of benzene rings is 1. The number of carbonyl (C=O) groups is 2. The van der Waals surface area contributed by atoms with Crippen LogP contribution in [0.2, 0.25) is 0 Å². The highest BCUT2D eigenvalue weighted by Crippen LogP contribution is 2.31. The van der Waals surface area contributed by atoms with E-state index in [-0.39, 0.29) is 12.3 Å². The highest BCUT2D eigenvalue weighted by molar-refractivity contribution is 7.14. The summed E-state index contributed by atoms with van der Waals surface area (Å²) < 4.78 is 10.4. The molecule has 2 N–H and O–H groups in total. The summed E-state index contributed by atoms with van der Waals surface area (Å²) in [5.74, 6) is -0.274. The topological polar surface area (TPSA) is 84.9 Å². The number of aryl methyl sites for hydroxylation is 2. The van der Waals surface area contributed by atoms with Crippen LogP contribution in [0.1, 0.15) is 38.1 Å². The van der Waals surface area contributed by atoms with Crippen molar-refractivity contribution < 1.29 is 24.2 Å². The number of thiophene rings is 1. The van der Waals surface area contributed by atoms with Gasteiger partial charge in [0.05, 0.1) is 31.6 Å². The van der Waals surface area contributed by atoms with Crippen LogP contribution in [-0.2, 0) is 4.79 Å². The van der Waals surface area contributed by atoms with E-state index in [4.69, 9.17) is 9.47 Å². The van der Waals surface area contributed by atoms with Gasteiger partial charge in [-0.3, -0.25) is 9.59 Å². The van der Waals surface area contributed by atoms with Gasteiger partial charge in [-0.25, -0.2) is 0 Å². The molecular formula is C18H21NO5S. The van der Waals surface area contributed by atoms with Crippen molar-refractivity contribution in [1.29, 1.82) is 0 Å². The van der Waals surface area contributed by atoms with E-state index in [9.17, 15) is 14.7 Å². The third-order valence-electron chi connectivity index (χ3n) is 3.88. The second kappa shape index (κ2) is 8.02. The van der Waals surface area contributed by atoms with Gasteiger partial charge in [-0.05, 0) is 43.2 Å². The summed E-state index contributed by atoms with van der Waals surface area (Å²) in [5, 5.41) is 12.0. The first-order valence-electron chi connectivity index (χ1n) is 7.67. The maximum atomic E-state index is 12.5. The summed E-state index contributed by atoms with van der Waals surface area (Å²) in [5.41, 5.74) is 1.68. The van der Waals surface area contributed by atoms with E-state index in [1.807, 2.05) is 19.9 Å². The number of carboxylic acid groups (broad SMARTS) is 1. The third-order valence-corrected chi connectivity index (χ3v) is 5.04. The third kappa shape index (κ3) is 4.51. The molecule has 25 heavy (non-hydrogen) atoms. The van der Waals surface area contributed by atoms with E-state index in [1.165, 1.54) is 25.6 Å². The van der Waals surface area contributed by atoms with Crippen molar-refractivity contribution in [2.45, 2.75) is 26.3 Å². The fourth-order valence-electron chi connectivity index (χ4n) is 2.41. The molecule has 1 amide bonds. The maximum absolute atomic E-state index is 12.5. The number of rotatable bonds is 7. The van der Waals surface area contributed by atoms with Crippen molar-refractivity contribution in [3.05, 3.63) is 45.1 Å². The Morgan fingerprint density at radius 1 is 1.16 bits per heavy atom. The molecule has 1 unspecified atom stereocenters. The Balaban J connectivity index is 2.29. The monoisotopic (exact) mass is 363 g/mol. The Kier molecular flexibility index (Phi) is 6.03. The fourth-order valence-corrected chi connectivity index (χ4v) is 3.35. The Morgan fingerprint density at radius 3 is 2.36 bits per heavy atom. The maximum Gasteiger partial charge on any atom is 0.305 e. The molecule has 2 aromatic rings. The van der Waals surface area contributed by atoms with E-state index in [0.717, 1.165) is 10.4 Å². The van der Waals surface area contributed by atoms with Gasteiger partial charge in [0.2, 0.25) is 0 Å². The average Bonchev–Trinajstić information content (AvgIpc) is 2.92. The van der Waals surface area contributed by atoms with Gasteiger partial charge < -0.3 is 19.9 Å². The SMILES string of the molecule is COc1ccc(C(CC(=O)O)NC(=O)c2cc(C)c(C)s2)cc1OC. The van der Waals surface area contributed by atoms with Crippen LogP contribution in [0.15, 0.2) is 24.3 Å². The Morgan fingerprint density at radius 2 is 1.84 bits per heavy atom. The molecule has 0 saturated heterocycles. The van der Waals surface area contributed by atoms with Crippen LogP contribution in [0, 0.1) is 13.8 Å². The van der Waals surface area contributed by atoms with Crippen molar-refractivity contribution in [1.82, 2.24) is 5.32 Å². The molecule has 1 atom stereocenters. The number of ether oxygens (including phenoxy) is 2. The van der Waals surface area contributed by atoms with E-state index in [1.54, 1.807) is 18.2 Å². The Labute approximate surface area is 150 Å². The second-order valence-electron chi connectivity index (χ2n) is 5.59. The van der Waals surface area contributed by atoms with Crippen LogP contribution in [-0.4, -0.2) is 31.2 Å². The van der Waals surface area contributed by atoms with Gasteiger partial charge in [0.25, 0.3) is 5.91 Å². The molecule has 0 radical (unpaired) electrons. The first kappa shape index (κ1) is 18.8. The lowest BCUT2D eigenvalue weighted by molar-refractivity contribution is -0.137. The minimum atomic E-state index is -1.00. The number of carbonyl (C=O) groups excluding carboxylic acids is 1. The lowest BCUT2D eigenvalue weighted by Crippen LogP contribution is -2.29. The summed E-state index contributed by atoms with van der Waals surface area (Å²) in [4.78, 5) is 25.4. The predicted octanol–water partition coefficient (Wildman–Crippen LogP) is 3.33. The van der Waals surface area contributed by atoms with Crippen LogP contribution in [0.3, 0.4) is 0 Å².